The maximum Gasteiger partial charge on any atom is 0.0753 e. The molecule has 0 aromatic heterocycles. The third-order valence-electron chi connectivity index (χ3n) is 0.620. The van der Waals surface area contributed by atoms with Gasteiger partial charge in [0.15, 0.2) is 0 Å². The van der Waals surface area contributed by atoms with Crippen molar-refractivity contribution in [1.82, 2.24) is 10.4 Å². The molecule has 0 spiro atoms. The Morgan fingerprint density at radius 1 is 1.62 bits per heavy atom. The molecule has 6 nitrogen and oxygen atoms in total. The van der Waals surface area contributed by atoms with Gasteiger partial charge in [-0.2, -0.15) is 0 Å². The fourth-order valence-electron chi connectivity index (χ4n) is 0.281. The fourth-order valence-corrected chi connectivity index (χ4v) is 0.281. The molecule has 0 aromatic carbocycles. The zero-order chi connectivity index (χ0) is 5.98. The Morgan fingerprint density at radius 3 is 2.75 bits per heavy atom. The van der Waals surface area contributed by atoms with Gasteiger partial charge in [-0.25, -0.2) is 5.84 Å². The lowest BCUT2D eigenvalue weighted by molar-refractivity contribution is -0.216. The molecule has 8 heavy (non-hydrogen) atoms. The first kappa shape index (κ1) is 5.01. The minimum absolute atomic E-state index is 0.604. The maximum absolute atomic E-state index is 8.57. The summed E-state index contributed by atoms with van der Waals surface area (Å²) < 4.78 is 0. The number of hydrogen-bond donors (Lipinski definition) is 2. The standard InChI is InChI=1S/C2H5N5O/c3-7-5-4-1-2-6(7)8/h1-2,8H,3H2. The molecule has 0 unspecified atom stereocenters. The highest BCUT2D eigenvalue weighted by molar-refractivity contribution is 4.74. The van der Waals surface area contributed by atoms with Gasteiger partial charge in [-0.3, -0.25) is 5.21 Å². The number of hydrazine groups is 2. The largest absolute Gasteiger partial charge is 0.267 e. The number of nitrogens with two attached hydrogens (primary N) is 1. The van der Waals surface area contributed by atoms with E-state index in [2.05, 4.69) is 10.3 Å². The Morgan fingerprint density at radius 2 is 2.38 bits per heavy atom. The highest BCUT2D eigenvalue weighted by Gasteiger charge is 2.01. The zero-order valence-corrected chi connectivity index (χ0v) is 3.97. The summed E-state index contributed by atoms with van der Waals surface area (Å²) in [6.45, 7) is 0. The Balaban J connectivity index is 2.59. The molecule has 0 atom stereocenters. The summed E-state index contributed by atoms with van der Waals surface area (Å²) in [6, 6.07) is 0. The van der Waals surface area contributed by atoms with Crippen LogP contribution in [0.3, 0.4) is 0 Å². The molecule has 1 rings (SSSR count). The number of hydrogen-bond acceptors (Lipinski definition) is 6. The van der Waals surface area contributed by atoms with Crippen LogP contribution in [0.5, 0.6) is 0 Å². The lowest BCUT2D eigenvalue weighted by Gasteiger charge is -2.19. The van der Waals surface area contributed by atoms with E-state index in [1.807, 2.05) is 0 Å². The van der Waals surface area contributed by atoms with E-state index in [0.717, 1.165) is 0 Å². The second-order valence-electron chi connectivity index (χ2n) is 1.14. The van der Waals surface area contributed by atoms with Crippen LogP contribution in [0.15, 0.2) is 22.7 Å². The highest BCUT2D eigenvalue weighted by atomic mass is 16.6. The van der Waals surface area contributed by atoms with Crippen LogP contribution in [-0.2, 0) is 0 Å². The first-order chi connectivity index (χ1) is 3.80. The molecule has 6 heteroatoms. The van der Waals surface area contributed by atoms with Crippen LogP contribution < -0.4 is 5.84 Å². The van der Waals surface area contributed by atoms with Gasteiger partial charge in [0, 0.05) is 0 Å². The lowest BCUT2D eigenvalue weighted by Crippen LogP contribution is -2.38. The van der Waals surface area contributed by atoms with Gasteiger partial charge in [0.25, 0.3) is 0 Å². The molecule has 0 radical (unpaired) electrons. The highest BCUT2D eigenvalue weighted by Crippen LogP contribution is 1.95. The van der Waals surface area contributed by atoms with E-state index in [9.17, 15) is 0 Å². The average Bonchev–Trinajstić information content (AvgIpc) is 1.77. The van der Waals surface area contributed by atoms with Gasteiger partial charge in [-0.05, 0) is 5.22 Å². The van der Waals surface area contributed by atoms with E-state index in [1.165, 1.54) is 12.4 Å². The van der Waals surface area contributed by atoms with Crippen molar-refractivity contribution in [2.75, 3.05) is 0 Å². The number of rotatable bonds is 0. The minimum Gasteiger partial charge on any atom is -0.267 e. The zero-order valence-electron chi connectivity index (χ0n) is 3.97. The molecule has 0 aromatic rings. The number of nitrogens with zero attached hydrogens (tertiary/aromatic N) is 4. The minimum atomic E-state index is 0.604. The summed E-state index contributed by atoms with van der Waals surface area (Å²) >= 11 is 0. The molecular weight excluding hydrogens is 110 g/mol. The summed E-state index contributed by atoms with van der Waals surface area (Å²) in [4.78, 5) is 0. The predicted molar refractivity (Wildman–Crippen MR) is 23.6 cm³/mol. The van der Waals surface area contributed by atoms with Crippen molar-refractivity contribution in [2.45, 2.75) is 0 Å². The summed E-state index contributed by atoms with van der Waals surface area (Å²) in [6.07, 6.45) is 2.57. The van der Waals surface area contributed by atoms with Gasteiger partial charge in [0.1, 0.15) is 0 Å². The van der Waals surface area contributed by atoms with Crippen molar-refractivity contribution < 1.29 is 5.21 Å². The first-order valence-corrected chi connectivity index (χ1v) is 1.91. The van der Waals surface area contributed by atoms with E-state index in [0.29, 0.717) is 10.4 Å². The summed E-state index contributed by atoms with van der Waals surface area (Å²) in [5.74, 6) is 4.98. The van der Waals surface area contributed by atoms with Gasteiger partial charge >= 0.3 is 0 Å². The van der Waals surface area contributed by atoms with Crippen molar-refractivity contribution in [3.63, 3.8) is 0 Å². The van der Waals surface area contributed by atoms with Gasteiger partial charge in [-0.1, -0.05) is 5.23 Å². The maximum atomic E-state index is 8.57. The van der Waals surface area contributed by atoms with E-state index < -0.39 is 0 Å². The SMILES string of the molecule is NN1N=NC=CN1O. The molecule has 0 amide bonds. The van der Waals surface area contributed by atoms with Gasteiger partial charge in [0.05, 0.1) is 12.4 Å². The van der Waals surface area contributed by atoms with Crippen LogP contribution in [0, 0.1) is 0 Å². The van der Waals surface area contributed by atoms with Gasteiger partial charge < -0.3 is 0 Å². The predicted octanol–water partition coefficient (Wildman–Crippen LogP) is -0.380. The van der Waals surface area contributed by atoms with Crippen LogP contribution in [0.1, 0.15) is 0 Å². The molecule has 1 heterocycles. The lowest BCUT2D eigenvalue weighted by atomic mass is 10.9. The normalized spacial score (nSPS) is 17.8. The smallest absolute Gasteiger partial charge is 0.0753 e. The molecule has 1 aliphatic heterocycles. The Labute approximate surface area is 45.4 Å². The Bertz CT molecular complexity index is 114. The van der Waals surface area contributed by atoms with Gasteiger partial charge in [-0.15, -0.1) is 10.3 Å². The Kier molecular flexibility index (Phi) is 1.10. The molecule has 0 bridgehead atoms. The van der Waals surface area contributed by atoms with Crippen molar-refractivity contribution in [3.8, 4) is 0 Å². The Hall–Kier alpha value is -1.14. The second-order valence-corrected chi connectivity index (χ2v) is 1.14. The van der Waals surface area contributed by atoms with E-state index in [-0.39, 0.29) is 0 Å². The van der Waals surface area contributed by atoms with Crippen molar-refractivity contribution in [1.29, 1.82) is 0 Å². The van der Waals surface area contributed by atoms with Gasteiger partial charge in [0.2, 0.25) is 0 Å². The van der Waals surface area contributed by atoms with Crippen molar-refractivity contribution in [3.05, 3.63) is 12.4 Å². The molecule has 0 saturated heterocycles. The average molecular weight is 115 g/mol. The third-order valence-corrected chi connectivity index (χ3v) is 0.620. The number of hydroxylamine groups is 1. The third kappa shape index (κ3) is 0.745. The molecule has 0 saturated carbocycles. The van der Waals surface area contributed by atoms with Crippen LogP contribution in [0.25, 0.3) is 0 Å². The fraction of sp³-hybridized carbons (Fsp3) is 0. The quantitative estimate of drug-likeness (QED) is 0.422. The summed E-state index contributed by atoms with van der Waals surface area (Å²) in [5.41, 5.74) is 0. The molecule has 3 N–H and O–H groups in total. The van der Waals surface area contributed by atoms with Crippen molar-refractivity contribution >= 4 is 0 Å². The molecular formula is C2H5N5O. The van der Waals surface area contributed by atoms with E-state index >= 15 is 0 Å². The first-order valence-electron chi connectivity index (χ1n) is 1.91. The molecule has 0 aliphatic carbocycles. The summed E-state index contributed by atoms with van der Waals surface area (Å²) in [7, 11) is 0. The van der Waals surface area contributed by atoms with E-state index in [4.69, 9.17) is 11.0 Å². The monoisotopic (exact) mass is 115 g/mol. The van der Waals surface area contributed by atoms with Crippen molar-refractivity contribution in [2.24, 2.45) is 16.2 Å². The van der Waals surface area contributed by atoms with E-state index in [1.54, 1.807) is 0 Å². The van der Waals surface area contributed by atoms with Crippen LogP contribution >= 0.6 is 0 Å². The molecule has 0 fully saturated rings. The van der Waals surface area contributed by atoms with Crippen LogP contribution in [0.4, 0.5) is 0 Å². The molecule has 1 aliphatic rings. The second kappa shape index (κ2) is 1.76. The molecule has 44 valence electrons. The van der Waals surface area contributed by atoms with Crippen LogP contribution in [0.2, 0.25) is 0 Å². The topological polar surface area (TPSA) is 77.5 Å². The summed E-state index contributed by atoms with van der Waals surface area (Å²) in [5, 5.41) is 16.5. The van der Waals surface area contributed by atoms with Crippen LogP contribution in [-0.4, -0.2) is 15.6 Å².